The SMILES string of the molecule is Cc1cc2c(F)c(Oc3ncnc(Nc4ccc(N5CCNCC5)cc4)c3C(=O)N3CCN(C)CC3)cc(F)c2[nH]1. The first kappa shape index (κ1) is 26.9. The molecule has 4 aromatic rings. The van der Waals surface area contributed by atoms with Crippen LogP contribution in [0.3, 0.4) is 0 Å². The average Bonchev–Trinajstić information content (AvgIpc) is 3.39. The van der Waals surface area contributed by atoms with E-state index in [-0.39, 0.29) is 39.8 Å². The lowest BCUT2D eigenvalue weighted by molar-refractivity contribution is 0.0661. The van der Waals surface area contributed by atoms with Crippen molar-refractivity contribution in [1.82, 2.24) is 30.1 Å². The highest BCUT2D eigenvalue weighted by Crippen LogP contribution is 2.35. The molecule has 0 saturated carbocycles. The zero-order valence-electron chi connectivity index (χ0n) is 23.0. The van der Waals surface area contributed by atoms with Crippen molar-refractivity contribution in [1.29, 1.82) is 0 Å². The van der Waals surface area contributed by atoms with E-state index in [0.717, 1.165) is 37.9 Å². The van der Waals surface area contributed by atoms with Crippen molar-refractivity contribution in [3.63, 3.8) is 0 Å². The summed E-state index contributed by atoms with van der Waals surface area (Å²) < 4.78 is 36.1. The Labute approximate surface area is 236 Å². The maximum absolute atomic E-state index is 15.4. The molecule has 2 fully saturated rings. The maximum atomic E-state index is 15.4. The van der Waals surface area contributed by atoms with Crippen LogP contribution in [0.4, 0.5) is 26.0 Å². The molecule has 4 heterocycles. The van der Waals surface area contributed by atoms with Crippen molar-refractivity contribution in [3.05, 3.63) is 65.6 Å². The quantitative estimate of drug-likeness (QED) is 0.326. The number of benzene rings is 2. The number of H-pyrrole nitrogens is 1. The van der Waals surface area contributed by atoms with Crippen molar-refractivity contribution >= 4 is 34.0 Å². The van der Waals surface area contributed by atoms with E-state index in [1.807, 2.05) is 31.3 Å². The van der Waals surface area contributed by atoms with Gasteiger partial charge in [0.15, 0.2) is 23.2 Å². The number of rotatable bonds is 6. The molecule has 0 radical (unpaired) electrons. The van der Waals surface area contributed by atoms with Crippen LogP contribution < -0.4 is 20.3 Å². The fraction of sp³-hybridized carbons (Fsp3) is 0.345. The zero-order valence-corrected chi connectivity index (χ0v) is 23.0. The number of carbonyl (C=O) groups excluding carboxylic acids is 1. The normalized spacial score (nSPS) is 16.3. The van der Waals surface area contributed by atoms with Crippen molar-refractivity contribution in [2.45, 2.75) is 6.92 Å². The standard InChI is InChI=1S/C29H32F2N8O2/c1-18-15-21-25(31)23(16-22(30)26(21)35-18)41-28-24(29(40)39-13-11-37(2)12-14-39)27(33-17-34-28)36-19-3-5-20(6-4-19)38-9-7-32-8-10-38/h3-6,15-17,32,35H,7-14H2,1-2H3,(H,33,34,36). The molecule has 1 amide bonds. The average molecular weight is 563 g/mol. The Balaban J connectivity index is 1.35. The lowest BCUT2D eigenvalue weighted by Gasteiger charge is -2.32. The summed E-state index contributed by atoms with van der Waals surface area (Å²) in [6.45, 7) is 7.84. The van der Waals surface area contributed by atoms with E-state index in [0.29, 0.717) is 37.6 Å². The minimum atomic E-state index is -0.750. The number of hydrogen-bond donors (Lipinski definition) is 3. The summed E-state index contributed by atoms with van der Waals surface area (Å²) >= 11 is 0. The molecule has 0 unspecified atom stereocenters. The maximum Gasteiger partial charge on any atom is 0.263 e. The zero-order chi connectivity index (χ0) is 28.5. The summed E-state index contributed by atoms with van der Waals surface area (Å²) in [5.74, 6) is -2.09. The summed E-state index contributed by atoms with van der Waals surface area (Å²) in [4.78, 5) is 31.4. The van der Waals surface area contributed by atoms with E-state index < -0.39 is 11.6 Å². The number of nitrogens with one attached hydrogen (secondary N) is 3. The molecule has 0 atom stereocenters. The molecule has 2 aliphatic rings. The lowest BCUT2D eigenvalue weighted by Crippen LogP contribution is -2.47. The fourth-order valence-electron chi connectivity index (χ4n) is 5.23. The van der Waals surface area contributed by atoms with Gasteiger partial charge >= 0.3 is 0 Å². The van der Waals surface area contributed by atoms with Gasteiger partial charge in [-0.3, -0.25) is 4.79 Å². The van der Waals surface area contributed by atoms with Gasteiger partial charge in [0.1, 0.15) is 11.9 Å². The van der Waals surface area contributed by atoms with Crippen LogP contribution in [0.5, 0.6) is 11.6 Å². The first-order chi connectivity index (χ1) is 19.9. The summed E-state index contributed by atoms with van der Waals surface area (Å²) in [6.07, 6.45) is 1.24. The fourth-order valence-corrected chi connectivity index (χ4v) is 5.23. The Hall–Kier alpha value is -4.29. The van der Waals surface area contributed by atoms with Crippen molar-refractivity contribution in [2.75, 3.05) is 69.6 Å². The molecular weight excluding hydrogens is 530 g/mol. The molecule has 0 bridgehead atoms. The Kier molecular flexibility index (Phi) is 7.41. The third-order valence-corrected chi connectivity index (χ3v) is 7.54. The van der Waals surface area contributed by atoms with E-state index in [4.69, 9.17) is 4.74 Å². The number of anilines is 3. The highest BCUT2D eigenvalue weighted by molar-refractivity contribution is 6.01. The number of likely N-dealkylation sites (N-methyl/N-ethyl adjacent to an activating group) is 1. The third-order valence-electron chi connectivity index (χ3n) is 7.54. The summed E-state index contributed by atoms with van der Waals surface area (Å²) in [6, 6.07) is 10.3. The number of hydrogen-bond acceptors (Lipinski definition) is 8. The number of carbonyl (C=O) groups is 1. The van der Waals surface area contributed by atoms with Crippen LogP contribution in [0.15, 0.2) is 42.7 Å². The van der Waals surface area contributed by atoms with Gasteiger partial charge in [-0.05, 0) is 44.3 Å². The molecule has 10 nitrogen and oxygen atoms in total. The second-order valence-electron chi connectivity index (χ2n) is 10.4. The van der Waals surface area contributed by atoms with Crippen molar-refractivity contribution in [3.8, 4) is 11.6 Å². The number of ether oxygens (including phenoxy) is 1. The van der Waals surface area contributed by atoms with Crippen LogP contribution in [0.2, 0.25) is 0 Å². The molecule has 6 rings (SSSR count). The highest BCUT2D eigenvalue weighted by Gasteiger charge is 2.29. The van der Waals surface area contributed by atoms with Crippen LogP contribution in [-0.2, 0) is 0 Å². The van der Waals surface area contributed by atoms with E-state index in [9.17, 15) is 9.18 Å². The minimum absolute atomic E-state index is 0.0494. The molecule has 2 aromatic heterocycles. The van der Waals surface area contributed by atoms with Gasteiger partial charge in [-0.15, -0.1) is 0 Å². The van der Waals surface area contributed by atoms with Gasteiger partial charge in [-0.2, -0.15) is 0 Å². The predicted molar refractivity (Wildman–Crippen MR) is 153 cm³/mol. The monoisotopic (exact) mass is 562 g/mol. The minimum Gasteiger partial charge on any atom is -0.435 e. The van der Waals surface area contributed by atoms with E-state index >= 15 is 4.39 Å². The van der Waals surface area contributed by atoms with Gasteiger partial charge in [0, 0.05) is 80.9 Å². The Morgan fingerprint density at radius 2 is 1.73 bits per heavy atom. The molecule has 12 heteroatoms. The molecule has 2 saturated heterocycles. The van der Waals surface area contributed by atoms with E-state index in [2.05, 4.69) is 35.4 Å². The largest absolute Gasteiger partial charge is 0.435 e. The predicted octanol–water partition coefficient (Wildman–Crippen LogP) is 3.88. The number of fused-ring (bicyclic) bond motifs is 1. The molecule has 2 aliphatic heterocycles. The summed E-state index contributed by atoms with van der Waals surface area (Å²) in [5, 5.41) is 6.63. The first-order valence-electron chi connectivity index (χ1n) is 13.7. The summed E-state index contributed by atoms with van der Waals surface area (Å²) in [7, 11) is 2.00. The van der Waals surface area contributed by atoms with Crippen LogP contribution in [0.25, 0.3) is 10.9 Å². The van der Waals surface area contributed by atoms with Gasteiger partial charge in [-0.25, -0.2) is 18.7 Å². The molecule has 0 spiro atoms. The number of aryl methyl sites for hydroxylation is 1. The topological polar surface area (TPSA) is 102 Å². The Morgan fingerprint density at radius 3 is 2.46 bits per heavy atom. The number of amides is 1. The highest BCUT2D eigenvalue weighted by atomic mass is 19.1. The van der Waals surface area contributed by atoms with Crippen LogP contribution in [0, 0.1) is 18.6 Å². The Morgan fingerprint density at radius 1 is 1.00 bits per heavy atom. The lowest BCUT2D eigenvalue weighted by atomic mass is 10.2. The second kappa shape index (κ2) is 11.3. The number of aromatic amines is 1. The van der Waals surface area contributed by atoms with Gasteiger partial charge in [0.2, 0.25) is 5.88 Å². The molecule has 3 N–H and O–H groups in total. The van der Waals surface area contributed by atoms with Crippen LogP contribution >= 0.6 is 0 Å². The summed E-state index contributed by atoms with van der Waals surface area (Å²) in [5.41, 5.74) is 2.52. The molecule has 214 valence electrons. The van der Waals surface area contributed by atoms with Crippen LogP contribution in [-0.4, -0.2) is 90.1 Å². The number of piperazine rings is 2. The van der Waals surface area contributed by atoms with Gasteiger partial charge < -0.3 is 35.1 Å². The number of aromatic nitrogens is 3. The smallest absolute Gasteiger partial charge is 0.263 e. The third kappa shape index (κ3) is 5.52. The molecule has 0 aliphatic carbocycles. The molecular formula is C29H32F2N8O2. The van der Waals surface area contributed by atoms with Crippen molar-refractivity contribution in [2.24, 2.45) is 0 Å². The van der Waals surface area contributed by atoms with Gasteiger partial charge in [0.05, 0.1) is 5.52 Å². The van der Waals surface area contributed by atoms with Crippen LogP contribution in [0.1, 0.15) is 16.1 Å². The number of nitrogens with zero attached hydrogens (tertiary/aromatic N) is 5. The van der Waals surface area contributed by atoms with E-state index in [1.165, 1.54) is 12.4 Å². The van der Waals surface area contributed by atoms with Gasteiger partial charge in [0.25, 0.3) is 5.91 Å². The van der Waals surface area contributed by atoms with Gasteiger partial charge in [-0.1, -0.05) is 0 Å². The number of halogens is 2. The van der Waals surface area contributed by atoms with Crippen molar-refractivity contribution < 1.29 is 18.3 Å². The molecule has 2 aromatic carbocycles. The first-order valence-corrected chi connectivity index (χ1v) is 13.7. The Bertz CT molecular complexity index is 1560. The van der Waals surface area contributed by atoms with E-state index in [1.54, 1.807) is 11.8 Å². The molecule has 41 heavy (non-hydrogen) atoms. The second-order valence-corrected chi connectivity index (χ2v) is 10.4.